The SMILES string of the molecule is CCCCn1c(O)c(N=O)c2ccc(Cl)c(Cl)c21. The Kier molecular flexibility index (Phi) is 3.78. The minimum atomic E-state index is -0.155. The van der Waals surface area contributed by atoms with Crippen molar-refractivity contribution in [1.82, 2.24) is 4.57 Å². The molecule has 1 heterocycles. The smallest absolute Gasteiger partial charge is 0.222 e. The van der Waals surface area contributed by atoms with Crippen molar-refractivity contribution in [3.05, 3.63) is 27.1 Å². The summed E-state index contributed by atoms with van der Waals surface area (Å²) in [6.45, 7) is 2.60. The van der Waals surface area contributed by atoms with Crippen molar-refractivity contribution in [2.75, 3.05) is 0 Å². The second-order valence-corrected chi connectivity index (χ2v) is 4.81. The molecule has 6 heteroatoms. The van der Waals surface area contributed by atoms with E-state index in [2.05, 4.69) is 5.18 Å². The van der Waals surface area contributed by atoms with Crippen molar-refractivity contribution in [2.24, 2.45) is 5.18 Å². The van der Waals surface area contributed by atoms with Crippen LogP contribution in [0.3, 0.4) is 0 Å². The summed E-state index contributed by atoms with van der Waals surface area (Å²) in [5, 5.41) is 14.1. The molecule has 18 heavy (non-hydrogen) atoms. The first-order chi connectivity index (χ1) is 8.61. The molecule has 2 aromatic rings. The summed E-state index contributed by atoms with van der Waals surface area (Å²) in [5.74, 6) is -0.155. The summed E-state index contributed by atoms with van der Waals surface area (Å²) in [6.07, 6.45) is 1.82. The maximum Gasteiger partial charge on any atom is 0.222 e. The molecule has 1 N–H and O–H groups in total. The molecule has 0 unspecified atom stereocenters. The van der Waals surface area contributed by atoms with E-state index >= 15 is 0 Å². The standard InChI is InChI=1S/C12H12Cl2N2O2/c1-2-3-6-16-11-7(10(15-18)12(16)17)4-5-8(13)9(11)14/h4-5,17H,2-3,6H2,1H3. The Morgan fingerprint density at radius 1 is 1.39 bits per heavy atom. The lowest BCUT2D eigenvalue weighted by Crippen LogP contribution is -1.97. The minimum absolute atomic E-state index is 0.0136. The van der Waals surface area contributed by atoms with Gasteiger partial charge < -0.3 is 9.67 Å². The van der Waals surface area contributed by atoms with Crippen LogP contribution in [0.4, 0.5) is 5.69 Å². The molecular formula is C12H12Cl2N2O2. The number of nitrogens with zero attached hydrogens (tertiary/aromatic N) is 2. The molecule has 1 aromatic heterocycles. The van der Waals surface area contributed by atoms with Gasteiger partial charge in [-0.2, -0.15) is 0 Å². The molecular weight excluding hydrogens is 275 g/mol. The molecule has 0 radical (unpaired) electrons. The number of fused-ring (bicyclic) bond motifs is 1. The maximum absolute atomic E-state index is 10.8. The third kappa shape index (κ3) is 1.95. The molecule has 0 aliphatic carbocycles. The highest BCUT2D eigenvalue weighted by atomic mass is 35.5. The topological polar surface area (TPSA) is 54.6 Å². The third-order valence-electron chi connectivity index (χ3n) is 2.89. The van der Waals surface area contributed by atoms with E-state index in [4.69, 9.17) is 23.2 Å². The number of benzene rings is 1. The summed E-state index contributed by atoms with van der Waals surface area (Å²) in [4.78, 5) is 10.8. The Labute approximate surface area is 114 Å². The molecule has 0 saturated carbocycles. The normalized spacial score (nSPS) is 11.1. The zero-order chi connectivity index (χ0) is 13.3. The monoisotopic (exact) mass is 286 g/mol. The molecule has 0 saturated heterocycles. The van der Waals surface area contributed by atoms with Crippen LogP contribution < -0.4 is 0 Å². The van der Waals surface area contributed by atoms with Gasteiger partial charge in [-0.3, -0.25) is 0 Å². The van der Waals surface area contributed by atoms with Crippen LogP contribution in [0.1, 0.15) is 19.8 Å². The average molecular weight is 287 g/mol. The van der Waals surface area contributed by atoms with Crippen LogP contribution in [-0.4, -0.2) is 9.67 Å². The van der Waals surface area contributed by atoms with Crippen LogP contribution in [0.15, 0.2) is 17.3 Å². The van der Waals surface area contributed by atoms with Gasteiger partial charge in [-0.15, -0.1) is 4.91 Å². The Bertz CT molecular complexity index is 608. The van der Waals surface area contributed by atoms with Gasteiger partial charge in [0.2, 0.25) is 5.88 Å². The van der Waals surface area contributed by atoms with Crippen LogP contribution in [0, 0.1) is 4.91 Å². The van der Waals surface area contributed by atoms with Crippen LogP contribution in [-0.2, 0) is 6.54 Å². The largest absolute Gasteiger partial charge is 0.493 e. The van der Waals surface area contributed by atoms with Gasteiger partial charge in [0, 0.05) is 11.9 Å². The fourth-order valence-corrected chi connectivity index (χ4v) is 2.39. The second-order valence-electron chi connectivity index (χ2n) is 4.03. The van der Waals surface area contributed by atoms with Crippen LogP contribution in [0.5, 0.6) is 5.88 Å². The van der Waals surface area contributed by atoms with Crippen molar-refractivity contribution in [3.8, 4) is 5.88 Å². The Morgan fingerprint density at radius 2 is 2.11 bits per heavy atom. The van der Waals surface area contributed by atoms with Gasteiger partial charge in [0.25, 0.3) is 0 Å². The van der Waals surface area contributed by atoms with E-state index in [1.165, 1.54) is 0 Å². The highest BCUT2D eigenvalue weighted by Gasteiger charge is 2.20. The van der Waals surface area contributed by atoms with E-state index in [-0.39, 0.29) is 11.6 Å². The summed E-state index contributed by atoms with van der Waals surface area (Å²) < 4.78 is 1.59. The lowest BCUT2D eigenvalue weighted by Gasteiger charge is -2.07. The minimum Gasteiger partial charge on any atom is -0.493 e. The van der Waals surface area contributed by atoms with Crippen LogP contribution >= 0.6 is 23.2 Å². The van der Waals surface area contributed by atoms with Gasteiger partial charge in [0.05, 0.1) is 15.6 Å². The van der Waals surface area contributed by atoms with Crippen molar-refractivity contribution >= 4 is 39.8 Å². The zero-order valence-electron chi connectivity index (χ0n) is 9.78. The van der Waals surface area contributed by atoms with Crippen molar-refractivity contribution < 1.29 is 5.11 Å². The molecule has 0 spiro atoms. The molecule has 1 aromatic carbocycles. The summed E-state index contributed by atoms with van der Waals surface area (Å²) >= 11 is 12.1. The van der Waals surface area contributed by atoms with Crippen molar-refractivity contribution in [1.29, 1.82) is 0 Å². The second kappa shape index (κ2) is 5.16. The molecule has 0 bridgehead atoms. The third-order valence-corrected chi connectivity index (χ3v) is 3.68. The van der Waals surface area contributed by atoms with Gasteiger partial charge in [0.1, 0.15) is 0 Å². The van der Waals surface area contributed by atoms with Gasteiger partial charge in [-0.05, 0) is 23.7 Å². The van der Waals surface area contributed by atoms with E-state index in [1.54, 1.807) is 16.7 Å². The first-order valence-corrected chi connectivity index (χ1v) is 6.39. The number of rotatable bonds is 4. The van der Waals surface area contributed by atoms with E-state index in [9.17, 15) is 10.0 Å². The lowest BCUT2D eigenvalue weighted by molar-refractivity contribution is 0.418. The number of halogens is 2. The summed E-state index contributed by atoms with van der Waals surface area (Å²) in [6, 6.07) is 3.23. The molecule has 0 amide bonds. The van der Waals surface area contributed by atoms with Crippen molar-refractivity contribution in [3.63, 3.8) is 0 Å². The highest BCUT2D eigenvalue weighted by molar-refractivity contribution is 6.45. The predicted octanol–water partition coefficient (Wildman–Crippen LogP) is 4.85. The van der Waals surface area contributed by atoms with Gasteiger partial charge in [-0.25, -0.2) is 0 Å². The van der Waals surface area contributed by atoms with Gasteiger partial charge >= 0.3 is 0 Å². The summed E-state index contributed by atoms with van der Waals surface area (Å²) in [7, 11) is 0. The number of hydrogen-bond donors (Lipinski definition) is 1. The Hall–Kier alpha value is -1.26. The number of aryl methyl sites for hydroxylation is 1. The van der Waals surface area contributed by atoms with Gasteiger partial charge in [0.15, 0.2) is 5.69 Å². The molecule has 0 atom stereocenters. The molecule has 0 aliphatic rings. The first-order valence-electron chi connectivity index (χ1n) is 5.64. The Balaban J connectivity index is 2.77. The number of aromatic hydroxyl groups is 1. The van der Waals surface area contributed by atoms with Crippen LogP contribution in [0.2, 0.25) is 10.0 Å². The fraction of sp³-hybridized carbons (Fsp3) is 0.333. The molecule has 0 aliphatic heterocycles. The van der Waals surface area contributed by atoms with E-state index < -0.39 is 0 Å². The zero-order valence-corrected chi connectivity index (χ0v) is 11.3. The summed E-state index contributed by atoms with van der Waals surface area (Å²) in [5.41, 5.74) is 0.574. The molecule has 4 nitrogen and oxygen atoms in total. The van der Waals surface area contributed by atoms with E-state index in [0.717, 1.165) is 12.8 Å². The lowest BCUT2D eigenvalue weighted by atomic mass is 10.2. The number of hydrogen-bond acceptors (Lipinski definition) is 3. The van der Waals surface area contributed by atoms with Crippen LogP contribution in [0.25, 0.3) is 10.9 Å². The quantitative estimate of drug-likeness (QED) is 0.817. The van der Waals surface area contributed by atoms with Gasteiger partial charge in [-0.1, -0.05) is 36.5 Å². The Morgan fingerprint density at radius 3 is 2.72 bits per heavy atom. The molecule has 2 rings (SSSR count). The highest BCUT2D eigenvalue weighted by Crippen LogP contribution is 2.43. The van der Waals surface area contributed by atoms with E-state index in [0.29, 0.717) is 27.5 Å². The first kappa shape index (κ1) is 13.2. The number of aromatic nitrogens is 1. The predicted molar refractivity (Wildman–Crippen MR) is 74.0 cm³/mol. The fourth-order valence-electron chi connectivity index (χ4n) is 1.97. The molecule has 96 valence electrons. The van der Waals surface area contributed by atoms with E-state index in [1.807, 2.05) is 6.92 Å². The molecule has 0 fully saturated rings. The maximum atomic E-state index is 10.8. The number of nitroso groups, excluding NO2 is 1. The van der Waals surface area contributed by atoms with Crippen molar-refractivity contribution in [2.45, 2.75) is 26.3 Å². The average Bonchev–Trinajstić information content (AvgIpc) is 2.64. The number of unbranched alkanes of at least 4 members (excludes halogenated alkanes) is 1.